The van der Waals surface area contributed by atoms with Crippen molar-refractivity contribution < 1.29 is 17.9 Å². The Labute approximate surface area is 211 Å². The van der Waals surface area contributed by atoms with Gasteiger partial charge in [-0.1, -0.05) is 0 Å². The molecule has 0 aromatic carbocycles. The fourth-order valence-electron chi connectivity index (χ4n) is 4.88. The van der Waals surface area contributed by atoms with Gasteiger partial charge in [-0.2, -0.15) is 13.2 Å². The lowest BCUT2D eigenvalue weighted by atomic mass is 9.94. The molecule has 6 rings (SSSR count). The van der Waals surface area contributed by atoms with Gasteiger partial charge in [0.2, 0.25) is 5.88 Å². The summed E-state index contributed by atoms with van der Waals surface area (Å²) in [6.45, 7) is 1.33. The highest BCUT2D eigenvalue weighted by Gasteiger charge is 2.35. The maximum absolute atomic E-state index is 13.1. The Kier molecular flexibility index (Phi) is 5.58. The number of pyridine rings is 2. The van der Waals surface area contributed by atoms with Crippen LogP contribution in [-0.2, 0) is 26.2 Å². The molecule has 0 radical (unpaired) electrons. The van der Waals surface area contributed by atoms with Gasteiger partial charge in [-0.15, -0.1) is 0 Å². The van der Waals surface area contributed by atoms with Crippen molar-refractivity contribution >= 4 is 5.82 Å². The Morgan fingerprint density at radius 2 is 1.89 bits per heavy atom. The fraction of sp³-hybridized carbons (Fsp3) is 0.346. The van der Waals surface area contributed by atoms with Gasteiger partial charge in [0.15, 0.2) is 5.69 Å². The van der Waals surface area contributed by atoms with E-state index in [4.69, 9.17) is 9.72 Å². The highest BCUT2D eigenvalue weighted by atomic mass is 19.4. The number of aromatic nitrogens is 6. The molecule has 5 heterocycles. The smallest absolute Gasteiger partial charge is 0.434 e. The van der Waals surface area contributed by atoms with E-state index in [1.54, 1.807) is 32.7 Å². The fourth-order valence-corrected chi connectivity index (χ4v) is 4.88. The van der Waals surface area contributed by atoms with Crippen molar-refractivity contribution in [2.45, 2.75) is 37.9 Å². The van der Waals surface area contributed by atoms with Crippen LogP contribution in [-0.4, -0.2) is 43.1 Å². The van der Waals surface area contributed by atoms with Gasteiger partial charge >= 0.3 is 6.18 Å². The van der Waals surface area contributed by atoms with Crippen LogP contribution in [0.15, 0.2) is 43.1 Å². The molecule has 1 fully saturated rings. The molecule has 8 nitrogen and oxygen atoms in total. The highest BCUT2D eigenvalue weighted by molar-refractivity contribution is 5.73. The Morgan fingerprint density at radius 3 is 2.57 bits per heavy atom. The lowest BCUT2D eigenvalue weighted by Crippen LogP contribution is -2.31. The molecule has 0 saturated heterocycles. The summed E-state index contributed by atoms with van der Waals surface area (Å²) in [7, 11) is 3.15. The Hall–Kier alpha value is -4.02. The highest BCUT2D eigenvalue weighted by Crippen LogP contribution is 2.46. The van der Waals surface area contributed by atoms with Crippen molar-refractivity contribution in [1.29, 1.82) is 0 Å². The van der Waals surface area contributed by atoms with Crippen molar-refractivity contribution in [1.82, 2.24) is 29.5 Å². The topological polar surface area (TPSA) is 81.9 Å². The van der Waals surface area contributed by atoms with Crippen LogP contribution in [0.2, 0.25) is 0 Å². The number of hydrogen-bond donors (Lipinski definition) is 0. The standard InChI is InChI=1S/C26H24F3N7O/c1-35-13-19(26(27,28)29)34-24(35)17-5-6-20(31-11-17)36-10-8-15-7-9-30-23(18(15)12-36)21-22(16-3-4-16)32-14-33-25(21)37-2/h5-7,9,11,13-14,16H,3-4,8,10,12H2,1-2H3. The Bertz CT molecular complexity index is 1460. The van der Waals surface area contributed by atoms with E-state index in [1.165, 1.54) is 10.1 Å². The van der Waals surface area contributed by atoms with Crippen molar-refractivity contribution in [2.75, 3.05) is 18.6 Å². The number of methoxy groups -OCH3 is 1. The summed E-state index contributed by atoms with van der Waals surface area (Å²) < 4.78 is 46.2. The molecule has 4 aromatic heterocycles. The number of halogens is 3. The molecule has 0 atom stereocenters. The number of imidazole rings is 1. The van der Waals surface area contributed by atoms with Gasteiger partial charge in [-0.25, -0.2) is 19.9 Å². The molecule has 11 heteroatoms. The second kappa shape index (κ2) is 8.82. The van der Waals surface area contributed by atoms with Gasteiger partial charge in [-0.05, 0) is 43.0 Å². The average molecular weight is 508 g/mol. The molecular formula is C26H24F3N7O. The van der Waals surface area contributed by atoms with E-state index in [0.717, 1.165) is 60.3 Å². The third-order valence-electron chi connectivity index (χ3n) is 6.89. The van der Waals surface area contributed by atoms with Crippen molar-refractivity contribution in [3.8, 4) is 28.5 Å². The molecule has 2 aliphatic rings. The number of anilines is 1. The summed E-state index contributed by atoms with van der Waals surface area (Å²) in [5.41, 5.74) is 4.53. The number of alkyl halides is 3. The maximum atomic E-state index is 13.1. The van der Waals surface area contributed by atoms with Crippen LogP contribution in [0, 0.1) is 0 Å². The van der Waals surface area contributed by atoms with Gasteiger partial charge in [0.05, 0.1) is 24.1 Å². The van der Waals surface area contributed by atoms with Crippen molar-refractivity contribution in [3.05, 3.63) is 65.6 Å². The molecule has 0 N–H and O–H groups in total. The van der Waals surface area contributed by atoms with E-state index < -0.39 is 11.9 Å². The molecule has 37 heavy (non-hydrogen) atoms. The van der Waals surface area contributed by atoms with Gasteiger partial charge < -0.3 is 14.2 Å². The molecular weight excluding hydrogens is 483 g/mol. The average Bonchev–Trinajstić information content (AvgIpc) is 3.67. The van der Waals surface area contributed by atoms with Crippen LogP contribution in [0.4, 0.5) is 19.0 Å². The number of ether oxygens (including phenoxy) is 1. The predicted octanol–water partition coefficient (Wildman–Crippen LogP) is 4.80. The molecule has 1 aliphatic heterocycles. The molecule has 1 saturated carbocycles. The van der Waals surface area contributed by atoms with Gasteiger partial charge in [0.1, 0.15) is 18.0 Å². The zero-order chi connectivity index (χ0) is 25.7. The van der Waals surface area contributed by atoms with E-state index in [1.807, 2.05) is 18.3 Å². The van der Waals surface area contributed by atoms with Crippen LogP contribution in [0.3, 0.4) is 0 Å². The number of nitrogens with zero attached hydrogens (tertiary/aromatic N) is 7. The molecule has 190 valence electrons. The first-order valence-corrected chi connectivity index (χ1v) is 12.0. The largest absolute Gasteiger partial charge is 0.480 e. The van der Waals surface area contributed by atoms with Crippen molar-refractivity contribution in [2.24, 2.45) is 7.05 Å². The Balaban J connectivity index is 1.32. The zero-order valence-electron chi connectivity index (χ0n) is 20.3. The monoisotopic (exact) mass is 507 g/mol. The van der Waals surface area contributed by atoms with Crippen LogP contribution >= 0.6 is 0 Å². The van der Waals surface area contributed by atoms with Crippen LogP contribution in [0.5, 0.6) is 5.88 Å². The SMILES string of the molecule is COc1ncnc(C2CC2)c1-c1nccc2c1CN(c1ccc(-c3nc(C(F)(F)F)cn3C)cn1)CC2. The predicted molar refractivity (Wildman–Crippen MR) is 130 cm³/mol. The second-order valence-electron chi connectivity index (χ2n) is 9.35. The van der Waals surface area contributed by atoms with Gasteiger partial charge in [0, 0.05) is 55.8 Å². The first-order valence-electron chi connectivity index (χ1n) is 12.0. The zero-order valence-corrected chi connectivity index (χ0v) is 20.3. The second-order valence-corrected chi connectivity index (χ2v) is 9.35. The quantitative estimate of drug-likeness (QED) is 0.384. The summed E-state index contributed by atoms with van der Waals surface area (Å²) in [5.74, 6) is 1.85. The maximum Gasteiger partial charge on any atom is 0.434 e. The van der Waals surface area contributed by atoms with E-state index in [0.29, 0.717) is 23.9 Å². The Morgan fingerprint density at radius 1 is 1.05 bits per heavy atom. The van der Waals surface area contributed by atoms with Gasteiger partial charge in [0.25, 0.3) is 0 Å². The molecule has 1 aliphatic carbocycles. The number of rotatable bonds is 5. The first-order chi connectivity index (χ1) is 17.8. The summed E-state index contributed by atoms with van der Waals surface area (Å²) in [6, 6.07) is 5.61. The number of hydrogen-bond acceptors (Lipinski definition) is 7. The first kappa shape index (κ1) is 23.4. The molecule has 0 amide bonds. The number of fused-ring (bicyclic) bond motifs is 1. The molecule has 0 spiro atoms. The van der Waals surface area contributed by atoms with E-state index >= 15 is 0 Å². The third kappa shape index (κ3) is 4.28. The molecule has 4 aromatic rings. The summed E-state index contributed by atoms with van der Waals surface area (Å²) in [6.07, 6.45) is 4.40. The lowest BCUT2D eigenvalue weighted by molar-refractivity contribution is -0.140. The minimum atomic E-state index is -4.50. The van der Waals surface area contributed by atoms with Crippen molar-refractivity contribution in [3.63, 3.8) is 0 Å². The van der Waals surface area contributed by atoms with Crippen LogP contribution in [0.25, 0.3) is 22.6 Å². The van der Waals surface area contributed by atoms with Gasteiger partial charge in [-0.3, -0.25) is 4.98 Å². The summed E-state index contributed by atoms with van der Waals surface area (Å²) in [5, 5.41) is 0. The van der Waals surface area contributed by atoms with E-state index in [9.17, 15) is 13.2 Å². The van der Waals surface area contributed by atoms with E-state index in [-0.39, 0.29) is 5.82 Å². The van der Waals surface area contributed by atoms with Crippen LogP contribution in [0.1, 0.15) is 41.3 Å². The normalized spacial score (nSPS) is 15.5. The van der Waals surface area contributed by atoms with E-state index in [2.05, 4.69) is 24.8 Å². The van der Waals surface area contributed by atoms with Crippen LogP contribution < -0.4 is 9.64 Å². The summed E-state index contributed by atoms with van der Waals surface area (Å²) >= 11 is 0. The minimum Gasteiger partial charge on any atom is -0.480 e. The minimum absolute atomic E-state index is 0.214. The number of aryl methyl sites for hydroxylation is 1. The molecule has 0 unspecified atom stereocenters. The third-order valence-corrected chi connectivity index (χ3v) is 6.89. The lowest BCUT2D eigenvalue weighted by Gasteiger charge is -2.31. The summed E-state index contributed by atoms with van der Waals surface area (Å²) in [4.78, 5) is 24.2. The molecule has 0 bridgehead atoms.